The second kappa shape index (κ2) is 6.35. The first-order valence-electron chi connectivity index (χ1n) is 8.26. The van der Waals surface area contributed by atoms with Crippen LogP contribution in [0.3, 0.4) is 0 Å². The van der Waals surface area contributed by atoms with Gasteiger partial charge in [0.1, 0.15) is 12.1 Å². The fourth-order valence-electron chi connectivity index (χ4n) is 3.04. The number of nitrogens with zero attached hydrogens (tertiary/aromatic N) is 4. The number of fused-ring (bicyclic) bond motifs is 2. The van der Waals surface area contributed by atoms with Crippen molar-refractivity contribution in [2.24, 2.45) is 0 Å². The summed E-state index contributed by atoms with van der Waals surface area (Å²) in [5.74, 6) is 0.769. The van der Waals surface area contributed by atoms with Crippen LogP contribution < -0.4 is 11.0 Å². The Hall–Kier alpha value is -3.22. The number of hydrogen-bond acceptors (Lipinski definition) is 5. The smallest absolute Gasteiger partial charge is 0.326 e. The molecule has 3 heterocycles. The van der Waals surface area contributed by atoms with Gasteiger partial charge in [-0.05, 0) is 43.2 Å². The summed E-state index contributed by atoms with van der Waals surface area (Å²) < 4.78 is 1.70. The average molecular weight is 334 g/mol. The van der Waals surface area contributed by atoms with Crippen molar-refractivity contribution in [1.29, 1.82) is 0 Å². The third kappa shape index (κ3) is 2.84. The van der Waals surface area contributed by atoms with Crippen molar-refractivity contribution in [2.45, 2.75) is 19.9 Å². The highest BCUT2D eigenvalue weighted by Crippen LogP contribution is 2.24. The quantitative estimate of drug-likeness (QED) is 0.585. The molecule has 3 aromatic heterocycles. The third-order valence-electron chi connectivity index (χ3n) is 4.30. The molecule has 0 fully saturated rings. The second-order valence-electron chi connectivity index (χ2n) is 5.82. The molecular formula is C18H18N6O. The van der Waals surface area contributed by atoms with Crippen LogP contribution in [0.2, 0.25) is 0 Å². The van der Waals surface area contributed by atoms with E-state index in [1.54, 1.807) is 23.3 Å². The van der Waals surface area contributed by atoms with Gasteiger partial charge in [-0.2, -0.15) is 0 Å². The minimum Gasteiger partial charge on any atom is -0.369 e. The molecule has 0 saturated carbocycles. The maximum atomic E-state index is 12.0. The van der Waals surface area contributed by atoms with E-state index in [0.717, 1.165) is 40.7 Å². The number of pyridine rings is 1. The van der Waals surface area contributed by atoms with Gasteiger partial charge in [0.05, 0.1) is 16.6 Å². The van der Waals surface area contributed by atoms with Crippen molar-refractivity contribution in [3.05, 3.63) is 59.0 Å². The number of aromatic nitrogens is 5. The summed E-state index contributed by atoms with van der Waals surface area (Å²) >= 11 is 0. The number of aryl methyl sites for hydroxylation is 1. The lowest BCUT2D eigenvalue weighted by molar-refractivity contribution is 0.753. The first kappa shape index (κ1) is 15.3. The monoisotopic (exact) mass is 334 g/mol. The molecule has 0 amide bonds. The Bertz CT molecular complexity index is 1080. The van der Waals surface area contributed by atoms with Gasteiger partial charge in [0.15, 0.2) is 0 Å². The number of hydrogen-bond donors (Lipinski definition) is 2. The van der Waals surface area contributed by atoms with Crippen LogP contribution in [-0.4, -0.2) is 31.0 Å². The van der Waals surface area contributed by atoms with E-state index in [1.807, 2.05) is 31.2 Å². The number of benzene rings is 1. The van der Waals surface area contributed by atoms with E-state index in [9.17, 15) is 4.79 Å². The highest BCUT2D eigenvalue weighted by molar-refractivity contribution is 5.98. The predicted octanol–water partition coefficient (Wildman–Crippen LogP) is 2.34. The van der Waals surface area contributed by atoms with E-state index in [2.05, 4.69) is 25.3 Å². The molecule has 0 aliphatic rings. The summed E-state index contributed by atoms with van der Waals surface area (Å²) in [6, 6.07) is 7.87. The van der Waals surface area contributed by atoms with E-state index >= 15 is 0 Å². The average Bonchev–Trinajstić information content (AvgIpc) is 2.95. The van der Waals surface area contributed by atoms with E-state index in [-0.39, 0.29) is 5.69 Å². The zero-order valence-electron chi connectivity index (χ0n) is 13.9. The van der Waals surface area contributed by atoms with Gasteiger partial charge in [-0.3, -0.25) is 9.55 Å². The molecular weight excluding hydrogens is 316 g/mol. The molecule has 25 heavy (non-hydrogen) atoms. The lowest BCUT2D eigenvalue weighted by Gasteiger charge is -2.09. The summed E-state index contributed by atoms with van der Waals surface area (Å²) in [5, 5.41) is 4.26. The van der Waals surface area contributed by atoms with E-state index in [4.69, 9.17) is 0 Å². The molecule has 0 spiro atoms. The molecule has 0 bridgehead atoms. The number of anilines is 1. The number of rotatable bonds is 5. The molecule has 0 saturated heterocycles. The molecule has 126 valence electrons. The Morgan fingerprint density at radius 3 is 2.84 bits per heavy atom. The van der Waals surface area contributed by atoms with Crippen molar-refractivity contribution in [2.75, 3.05) is 11.9 Å². The van der Waals surface area contributed by atoms with Gasteiger partial charge in [-0.15, -0.1) is 0 Å². The Kier molecular flexibility index (Phi) is 3.89. The molecule has 0 radical (unpaired) electrons. The fourth-order valence-corrected chi connectivity index (χ4v) is 3.04. The summed E-state index contributed by atoms with van der Waals surface area (Å²) in [4.78, 5) is 27.7. The maximum absolute atomic E-state index is 12.0. The molecule has 0 aliphatic heterocycles. The summed E-state index contributed by atoms with van der Waals surface area (Å²) in [6.45, 7) is 3.32. The second-order valence-corrected chi connectivity index (χ2v) is 5.82. The van der Waals surface area contributed by atoms with Crippen LogP contribution >= 0.6 is 0 Å². The van der Waals surface area contributed by atoms with Crippen molar-refractivity contribution in [3.8, 4) is 0 Å². The minimum absolute atomic E-state index is 0.104. The SMILES string of the molecule is CCn1c(=O)[nH]c2cc3c(NCCc4ccncc4)ncnc3cc21. The summed E-state index contributed by atoms with van der Waals surface area (Å²) in [7, 11) is 0. The molecule has 2 N–H and O–H groups in total. The lowest BCUT2D eigenvalue weighted by Crippen LogP contribution is -2.14. The normalized spacial score (nSPS) is 11.2. The van der Waals surface area contributed by atoms with E-state index in [1.165, 1.54) is 5.56 Å². The van der Waals surface area contributed by atoms with Crippen molar-refractivity contribution >= 4 is 27.8 Å². The van der Waals surface area contributed by atoms with Gasteiger partial charge in [0, 0.05) is 30.9 Å². The van der Waals surface area contributed by atoms with Gasteiger partial charge in [-0.1, -0.05) is 0 Å². The first-order chi connectivity index (χ1) is 12.3. The standard InChI is InChI=1S/C18H18N6O/c1-2-24-16-10-14-13(9-15(16)23-18(24)25)17(22-11-21-14)20-8-5-12-3-6-19-7-4-12/h3-4,6-7,9-11H,2,5,8H2,1H3,(H,23,25)(H,20,21,22). The van der Waals surface area contributed by atoms with E-state index in [0.29, 0.717) is 6.54 Å². The summed E-state index contributed by atoms with van der Waals surface area (Å²) in [6.07, 6.45) is 6.01. The Balaban J connectivity index is 1.67. The van der Waals surface area contributed by atoms with Gasteiger partial charge >= 0.3 is 5.69 Å². The van der Waals surface area contributed by atoms with Crippen molar-refractivity contribution < 1.29 is 0 Å². The topological polar surface area (TPSA) is 88.5 Å². The van der Waals surface area contributed by atoms with Crippen LogP contribution in [-0.2, 0) is 13.0 Å². The molecule has 0 unspecified atom stereocenters. The number of nitrogens with one attached hydrogen (secondary N) is 2. The van der Waals surface area contributed by atoms with Crippen LogP contribution in [0, 0.1) is 0 Å². The van der Waals surface area contributed by atoms with Crippen molar-refractivity contribution in [1.82, 2.24) is 24.5 Å². The van der Waals surface area contributed by atoms with Crippen LogP contribution in [0.5, 0.6) is 0 Å². The third-order valence-corrected chi connectivity index (χ3v) is 4.30. The van der Waals surface area contributed by atoms with Gasteiger partial charge in [0.2, 0.25) is 0 Å². The Morgan fingerprint density at radius 1 is 1.20 bits per heavy atom. The Labute approximate surface area is 143 Å². The molecule has 4 aromatic rings. The predicted molar refractivity (Wildman–Crippen MR) is 97.8 cm³/mol. The minimum atomic E-state index is -0.104. The van der Waals surface area contributed by atoms with Crippen LogP contribution in [0.4, 0.5) is 5.82 Å². The van der Waals surface area contributed by atoms with Gasteiger partial charge in [0.25, 0.3) is 0 Å². The summed E-state index contributed by atoms with van der Waals surface area (Å²) in [5.41, 5.74) is 3.59. The first-order valence-corrected chi connectivity index (χ1v) is 8.26. The van der Waals surface area contributed by atoms with Crippen LogP contribution in [0.25, 0.3) is 21.9 Å². The zero-order chi connectivity index (χ0) is 17.2. The van der Waals surface area contributed by atoms with Gasteiger partial charge in [-0.25, -0.2) is 14.8 Å². The molecule has 4 rings (SSSR count). The van der Waals surface area contributed by atoms with Crippen LogP contribution in [0.1, 0.15) is 12.5 Å². The zero-order valence-corrected chi connectivity index (χ0v) is 13.9. The van der Waals surface area contributed by atoms with Crippen molar-refractivity contribution in [3.63, 3.8) is 0 Å². The Morgan fingerprint density at radius 2 is 2.04 bits per heavy atom. The molecule has 1 aromatic carbocycles. The van der Waals surface area contributed by atoms with Crippen LogP contribution in [0.15, 0.2) is 47.8 Å². The molecule has 0 atom stereocenters. The molecule has 7 nitrogen and oxygen atoms in total. The maximum Gasteiger partial charge on any atom is 0.326 e. The highest BCUT2D eigenvalue weighted by Gasteiger charge is 2.10. The number of H-pyrrole nitrogens is 1. The lowest BCUT2D eigenvalue weighted by atomic mass is 10.2. The van der Waals surface area contributed by atoms with E-state index < -0.39 is 0 Å². The molecule has 0 aliphatic carbocycles. The fraction of sp³-hybridized carbons (Fsp3) is 0.222. The molecule has 7 heteroatoms. The number of aromatic amines is 1. The largest absolute Gasteiger partial charge is 0.369 e. The van der Waals surface area contributed by atoms with Gasteiger partial charge < -0.3 is 10.3 Å². The highest BCUT2D eigenvalue weighted by atomic mass is 16.1. The number of imidazole rings is 1.